The Kier molecular flexibility index (Phi) is 6.47. The molecule has 7 heteroatoms. The van der Waals surface area contributed by atoms with Crippen LogP contribution in [0, 0.1) is 11.6 Å². The number of nitrogens with one attached hydrogen (secondary N) is 1. The van der Waals surface area contributed by atoms with Crippen LogP contribution in [-0.2, 0) is 20.7 Å². The molecule has 0 radical (unpaired) electrons. The van der Waals surface area contributed by atoms with E-state index in [1.54, 1.807) is 12.1 Å². The van der Waals surface area contributed by atoms with Crippen LogP contribution in [0.15, 0.2) is 42.5 Å². The fourth-order valence-electron chi connectivity index (χ4n) is 2.03. The predicted octanol–water partition coefficient (Wildman–Crippen LogP) is 4.12. The fourth-order valence-corrected chi connectivity index (χ4v) is 2.19. The lowest BCUT2D eigenvalue weighted by molar-refractivity contribution is -0.153. The van der Waals surface area contributed by atoms with Crippen molar-refractivity contribution in [3.8, 4) is 0 Å². The molecule has 132 valence electrons. The summed E-state index contributed by atoms with van der Waals surface area (Å²) in [5.74, 6) is -2.28. The zero-order valence-corrected chi connectivity index (χ0v) is 14.1. The number of hydrogen-bond donors (Lipinski definition) is 1. The van der Waals surface area contributed by atoms with Crippen LogP contribution in [0.3, 0.4) is 0 Å². The van der Waals surface area contributed by atoms with E-state index in [1.165, 1.54) is 31.2 Å². The highest BCUT2D eigenvalue weighted by molar-refractivity contribution is 6.30. The summed E-state index contributed by atoms with van der Waals surface area (Å²) in [5.41, 5.74) is 0.724. The van der Waals surface area contributed by atoms with Gasteiger partial charge in [0.25, 0.3) is 5.91 Å². The van der Waals surface area contributed by atoms with Crippen LogP contribution < -0.4 is 5.32 Å². The number of carbonyl (C=O) groups is 2. The first-order chi connectivity index (χ1) is 11.8. The molecule has 4 nitrogen and oxygen atoms in total. The molecule has 2 aromatic carbocycles. The topological polar surface area (TPSA) is 55.4 Å². The molecule has 2 rings (SSSR count). The van der Waals surface area contributed by atoms with Crippen molar-refractivity contribution in [2.75, 3.05) is 5.32 Å². The van der Waals surface area contributed by atoms with Gasteiger partial charge in [-0.15, -0.1) is 0 Å². The molecule has 25 heavy (non-hydrogen) atoms. The maximum Gasteiger partial charge on any atom is 0.306 e. The Bertz CT molecular complexity index is 765. The number of carbonyl (C=O) groups excluding carboxylic acids is 2. The Balaban J connectivity index is 1.83. The second-order valence-corrected chi connectivity index (χ2v) is 5.81. The van der Waals surface area contributed by atoms with Gasteiger partial charge in [0.2, 0.25) is 0 Å². The minimum atomic E-state index is -1.09. The first-order valence-electron chi connectivity index (χ1n) is 7.55. The normalized spacial score (nSPS) is 11.7. The van der Waals surface area contributed by atoms with Gasteiger partial charge in [-0.3, -0.25) is 9.59 Å². The van der Waals surface area contributed by atoms with Gasteiger partial charge in [0, 0.05) is 11.4 Å². The van der Waals surface area contributed by atoms with Gasteiger partial charge in [0.15, 0.2) is 6.10 Å². The molecule has 0 fully saturated rings. The zero-order chi connectivity index (χ0) is 18.4. The second kappa shape index (κ2) is 8.58. The number of amides is 1. The number of benzene rings is 2. The summed E-state index contributed by atoms with van der Waals surface area (Å²) in [6.45, 7) is 1.39. The number of ether oxygens (including phenoxy) is 1. The molecular weight excluding hydrogens is 352 g/mol. The van der Waals surface area contributed by atoms with Crippen molar-refractivity contribution in [1.82, 2.24) is 0 Å². The van der Waals surface area contributed by atoms with Crippen LogP contribution >= 0.6 is 11.6 Å². The SMILES string of the molecule is C[C@H](OC(=O)CCc1ccc(F)cc1)C(=O)Nc1ccc(Cl)cc1F. The molecule has 0 aromatic heterocycles. The molecular formula is C18H16ClF2NO3. The fraction of sp³-hybridized carbons (Fsp3) is 0.222. The van der Waals surface area contributed by atoms with Gasteiger partial charge in [-0.2, -0.15) is 0 Å². The summed E-state index contributed by atoms with van der Waals surface area (Å²) < 4.78 is 31.5. The lowest BCUT2D eigenvalue weighted by Gasteiger charge is -2.14. The van der Waals surface area contributed by atoms with E-state index in [0.717, 1.165) is 11.6 Å². The monoisotopic (exact) mass is 367 g/mol. The first kappa shape index (κ1) is 18.9. The first-order valence-corrected chi connectivity index (χ1v) is 7.93. The maximum absolute atomic E-state index is 13.6. The third kappa shape index (κ3) is 5.83. The number of anilines is 1. The maximum atomic E-state index is 13.6. The van der Waals surface area contributed by atoms with Crippen molar-refractivity contribution in [2.24, 2.45) is 0 Å². The minimum Gasteiger partial charge on any atom is -0.453 e. The smallest absolute Gasteiger partial charge is 0.306 e. The Morgan fingerprint density at radius 2 is 1.84 bits per heavy atom. The van der Waals surface area contributed by atoms with E-state index in [2.05, 4.69) is 5.32 Å². The highest BCUT2D eigenvalue weighted by Gasteiger charge is 2.19. The van der Waals surface area contributed by atoms with Gasteiger partial charge >= 0.3 is 5.97 Å². The van der Waals surface area contributed by atoms with Gasteiger partial charge in [-0.05, 0) is 49.2 Å². The van der Waals surface area contributed by atoms with Crippen molar-refractivity contribution in [3.63, 3.8) is 0 Å². The van der Waals surface area contributed by atoms with Crippen LogP contribution in [-0.4, -0.2) is 18.0 Å². The van der Waals surface area contributed by atoms with Crippen molar-refractivity contribution in [3.05, 3.63) is 64.7 Å². The molecule has 0 spiro atoms. The summed E-state index contributed by atoms with van der Waals surface area (Å²) in [7, 11) is 0. The quantitative estimate of drug-likeness (QED) is 0.781. The summed E-state index contributed by atoms with van der Waals surface area (Å²) in [5, 5.41) is 2.54. The van der Waals surface area contributed by atoms with Crippen LogP contribution in [0.2, 0.25) is 5.02 Å². The van der Waals surface area contributed by atoms with Gasteiger partial charge in [-0.1, -0.05) is 23.7 Å². The average molecular weight is 368 g/mol. The molecule has 1 amide bonds. The van der Waals surface area contributed by atoms with E-state index in [1.807, 2.05) is 0 Å². The van der Waals surface area contributed by atoms with Crippen LogP contribution in [0.25, 0.3) is 0 Å². The van der Waals surface area contributed by atoms with Gasteiger partial charge in [0.05, 0.1) is 5.69 Å². The lowest BCUT2D eigenvalue weighted by Crippen LogP contribution is -2.30. The molecule has 0 aliphatic heterocycles. The van der Waals surface area contributed by atoms with Crippen molar-refractivity contribution in [1.29, 1.82) is 0 Å². The Hall–Kier alpha value is -2.47. The Morgan fingerprint density at radius 3 is 2.48 bits per heavy atom. The number of rotatable bonds is 6. The molecule has 0 aliphatic carbocycles. The molecule has 0 bridgehead atoms. The Labute approximate surface area is 148 Å². The molecule has 1 N–H and O–H groups in total. The van der Waals surface area contributed by atoms with Crippen LogP contribution in [0.1, 0.15) is 18.9 Å². The second-order valence-electron chi connectivity index (χ2n) is 5.37. The number of halogens is 3. The van der Waals surface area contributed by atoms with E-state index in [-0.39, 0.29) is 22.9 Å². The van der Waals surface area contributed by atoms with Crippen LogP contribution in [0.4, 0.5) is 14.5 Å². The molecule has 0 unspecified atom stereocenters. The lowest BCUT2D eigenvalue weighted by atomic mass is 10.1. The third-order valence-corrected chi connectivity index (χ3v) is 3.63. The standard InChI is InChI=1S/C18H16ClF2NO3/c1-11(18(24)22-16-8-5-13(19)10-15(16)21)25-17(23)9-4-12-2-6-14(20)7-3-12/h2-3,5-8,10-11H,4,9H2,1H3,(H,22,24)/t11-/m0/s1. The molecule has 0 saturated heterocycles. The molecule has 0 saturated carbocycles. The van der Waals surface area contributed by atoms with Crippen molar-refractivity contribution >= 4 is 29.2 Å². The van der Waals surface area contributed by atoms with Crippen LogP contribution in [0.5, 0.6) is 0 Å². The third-order valence-electron chi connectivity index (χ3n) is 3.40. The number of hydrogen-bond acceptors (Lipinski definition) is 3. The zero-order valence-electron chi connectivity index (χ0n) is 13.4. The summed E-state index contributed by atoms with van der Waals surface area (Å²) >= 11 is 5.64. The van der Waals surface area contributed by atoms with Gasteiger partial charge < -0.3 is 10.1 Å². The van der Waals surface area contributed by atoms with E-state index >= 15 is 0 Å². The largest absolute Gasteiger partial charge is 0.453 e. The Morgan fingerprint density at radius 1 is 1.16 bits per heavy atom. The van der Waals surface area contributed by atoms with E-state index in [9.17, 15) is 18.4 Å². The summed E-state index contributed by atoms with van der Waals surface area (Å²) in [6.07, 6.45) is -0.687. The summed E-state index contributed by atoms with van der Waals surface area (Å²) in [4.78, 5) is 23.8. The van der Waals surface area contributed by atoms with Crippen molar-refractivity contribution in [2.45, 2.75) is 25.9 Å². The van der Waals surface area contributed by atoms with E-state index < -0.39 is 23.8 Å². The molecule has 2 aromatic rings. The minimum absolute atomic E-state index is 0.0402. The summed E-state index contributed by atoms with van der Waals surface area (Å²) in [6, 6.07) is 9.56. The number of aryl methyl sites for hydroxylation is 1. The average Bonchev–Trinajstić information content (AvgIpc) is 2.56. The van der Waals surface area contributed by atoms with Crippen molar-refractivity contribution < 1.29 is 23.1 Å². The van der Waals surface area contributed by atoms with E-state index in [4.69, 9.17) is 16.3 Å². The van der Waals surface area contributed by atoms with Gasteiger partial charge in [-0.25, -0.2) is 8.78 Å². The molecule has 0 heterocycles. The highest BCUT2D eigenvalue weighted by Crippen LogP contribution is 2.19. The van der Waals surface area contributed by atoms with E-state index in [0.29, 0.717) is 6.42 Å². The highest BCUT2D eigenvalue weighted by atomic mass is 35.5. The molecule has 0 aliphatic rings. The number of esters is 1. The van der Waals surface area contributed by atoms with Gasteiger partial charge in [0.1, 0.15) is 11.6 Å². The molecule has 1 atom stereocenters. The predicted molar refractivity (Wildman–Crippen MR) is 90.3 cm³/mol.